The smallest absolute Gasteiger partial charge is 0.317 e. The van der Waals surface area contributed by atoms with E-state index in [0.29, 0.717) is 0 Å². The second-order valence-corrected chi connectivity index (χ2v) is 7.14. The maximum Gasteiger partial charge on any atom is 0.317 e. The standard InChI is InChI=1S/C16H27N3O8.C8H4/c1-12(20)7-18(10-15(24)25)5-3-17(9-14(22)23)4-6-19(8-13(2)21)11-16(26)27;1-3-5-7-8-6-4-2/h3-11H2,1-2H3,(H,22,23)(H,24,25)(H,26,27);1-2H2. The molecule has 0 bridgehead atoms. The molecule has 0 aromatic heterocycles. The molecule has 0 radical (unpaired) electrons. The molecule has 0 aromatic carbocycles. The van der Waals surface area contributed by atoms with Crippen LogP contribution in [-0.4, -0.2) is 118 Å². The van der Waals surface area contributed by atoms with Gasteiger partial charge in [-0.1, -0.05) is 11.5 Å². The van der Waals surface area contributed by atoms with Crippen LogP contribution in [0.3, 0.4) is 0 Å². The highest BCUT2D eigenvalue weighted by Gasteiger charge is 2.18. The van der Waals surface area contributed by atoms with Crippen LogP contribution < -0.4 is 0 Å². The SMILES string of the molecule is C=C=C=C=C=C=C=C.CC(=O)CN(CCN(CCN(CC(C)=O)CC(=O)O)CC(=O)O)CC(=O)O. The molecule has 0 saturated heterocycles. The third-order valence-corrected chi connectivity index (χ3v) is 3.80. The third kappa shape index (κ3) is 24.5. The van der Waals surface area contributed by atoms with Gasteiger partial charge in [-0.2, -0.15) is 0 Å². The molecule has 0 aliphatic heterocycles. The van der Waals surface area contributed by atoms with E-state index in [1.165, 1.54) is 28.5 Å². The first-order valence-corrected chi connectivity index (χ1v) is 10.3. The number of ketones is 2. The monoisotopic (exact) mass is 489 g/mol. The fraction of sp³-hybridized carbons (Fsp3) is 0.458. The molecule has 190 valence electrons. The molecule has 0 saturated carbocycles. The number of carboxylic acid groups (broad SMARTS) is 3. The van der Waals surface area contributed by atoms with Crippen molar-refractivity contribution in [3.63, 3.8) is 0 Å². The van der Waals surface area contributed by atoms with E-state index in [9.17, 15) is 24.0 Å². The Morgan fingerprint density at radius 1 is 0.543 bits per heavy atom. The lowest BCUT2D eigenvalue weighted by Crippen LogP contribution is -2.45. The summed E-state index contributed by atoms with van der Waals surface area (Å²) in [6.45, 7) is 8.67. The van der Waals surface area contributed by atoms with Gasteiger partial charge in [0.25, 0.3) is 0 Å². The summed E-state index contributed by atoms with van der Waals surface area (Å²) in [6.07, 6.45) is 0. The molecular formula is C24H31N3O8. The van der Waals surface area contributed by atoms with E-state index in [2.05, 4.69) is 47.5 Å². The Kier molecular flexibility index (Phi) is 19.6. The zero-order valence-corrected chi connectivity index (χ0v) is 20.0. The highest BCUT2D eigenvalue weighted by molar-refractivity contribution is 5.79. The normalized spacial score (nSPS) is 9.40. The Hall–Kier alpha value is -3.95. The Balaban J connectivity index is 0. The van der Waals surface area contributed by atoms with Gasteiger partial charge in [-0.3, -0.25) is 38.7 Å². The Morgan fingerprint density at radius 2 is 0.829 bits per heavy atom. The minimum absolute atomic E-state index is 0.0668. The van der Waals surface area contributed by atoms with Crippen LogP contribution in [0.15, 0.2) is 47.5 Å². The van der Waals surface area contributed by atoms with E-state index in [1.54, 1.807) is 0 Å². The summed E-state index contributed by atoms with van der Waals surface area (Å²) < 4.78 is 0. The van der Waals surface area contributed by atoms with Gasteiger partial charge >= 0.3 is 17.9 Å². The quantitative estimate of drug-likeness (QED) is 0.252. The lowest BCUT2D eigenvalue weighted by atomic mass is 10.3. The van der Waals surface area contributed by atoms with Crippen molar-refractivity contribution in [1.29, 1.82) is 0 Å². The molecule has 0 fully saturated rings. The summed E-state index contributed by atoms with van der Waals surface area (Å²) in [5, 5.41) is 26.8. The zero-order valence-electron chi connectivity index (χ0n) is 20.0. The average Bonchev–Trinajstić information content (AvgIpc) is 2.71. The molecule has 11 nitrogen and oxygen atoms in total. The molecule has 0 amide bonds. The highest BCUT2D eigenvalue weighted by atomic mass is 16.4. The van der Waals surface area contributed by atoms with E-state index in [0.717, 1.165) is 0 Å². The van der Waals surface area contributed by atoms with Crippen LogP contribution in [0.1, 0.15) is 13.8 Å². The topological polar surface area (TPSA) is 156 Å². The Morgan fingerprint density at radius 3 is 1.09 bits per heavy atom. The van der Waals surface area contributed by atoms with E-state index in [4.69, 9.17) is 15.3 Å². The molecule has 0 spiro atoms. The van der Waals surface area contributed by atoms with Gasteiger partial charge < -0.3 is 15.3 Å². The number of nitrogens with zero attached hydrogens (tertiary/aromatic N) is 3. The molecule has 11 heteroatoms. The van der Waals surface area contributed by atoms with E-state index in [-0.39, 0.29) is 70.5 Å². The summed E-state index contributed by atoms with van der Waals surface area (Å²) in [5.74, 6) is -3.72. The Bertz CT molecular complexity index is 867. The lowest BCUT2D eigenvalue weighted by Gasteiger charge is -2.27. The molecule has 0 aliphatic rings. The summed E-state index contributed by atoms with van der Waals surface area (Å²) >= 11 is 0. The fourth-order valence-electron chi connectivity index (χ4n) is 2.62. The average molecular weight is 490 g/mol. The van der Waals surface area contributed by atoms with Gasteiger partial charge in [-0.05, 0) is 49.9 Å². The van der Waals surface area contributed by atoms with Crippen molar-refractivity contribution in [3.8, 4) is 0 Å². The van der Waals surface area contributed by atoms with Crippen LogP contribution in [0.2, 0.25) is 0 Å². The van der Waals surface area contributed by atoms with Crippen LogP contribution in [0.5, 0.6) is 0 Å². The van der Waals surface area contributed by atoms with Gasteiger partial charge in [0, 0.05) is 26.2 Å². The molecule has 3 N–H and O–H groups in total. The maximum absolute atomic E-state index is 11.2. The molecule has 0 unspecified atom stereocenters. The first-order valence-electron chi connectivity index (χ1n) is 10.3. The van der Waals surface area contributed by atoms with Gasteiger partial charge in [-0.25, -0.2) is 0 Å². The minimum atomic E-state index is -1.10. The lowest BCUT2D eigenvalue weighted by molar-refractivity contribution is -0.140. The molecule has 0 atom stereocenters. The van der Waals surface area contributed by atoms with Gasteiger partial charge in [-0.15, -0.1) is 0 Å². The van der Waals surface area contributed by atoms with Crippen molar-refractivity contribution < 1.29 is 39.3 Å². The van der Waals surface area contributed by atoms with Crippen molar-refractivity contribution in [1.82, 2.24) is 14.7 Å². The van der Waals surface area contributed by atoms with Crippen LogP contribution in [0, 0.1) is 0 Å². The number of hydrogen-bond donors (Lipinski definition) is 3. The van der Waals surface area contributed by atoms with Gasteiger partial charge in [0.2, 0.25) is 0 Å². The van der Waals surface area contributed by atoms with E-state index >= 15 is 0 Å². The minimum Gasteiger partial charge on any atom is -0.480 e. The maximum atomic E-state index is 11.2. The predicted molar refractivity (Wildman–Crippen MR) is 126 cm³/mol. The summed E-state index contributed by atoms with van der Waals surface area (Å²) in [5.41, 5.74) is 14.5. The summed E-state index contributed by atoms with van der Waals surface area (Å²) in [7, 11) is 0. The fourth-order valence-corrected chi connectivity index (χ4v) is 2.62. The summed E-state index contributed by atoms with van der Waals surface area (Å²) in [6, 6.07) is 0. The first kappa shape index (κ1) is 33.2. The largest absolute Gasteiger partial charge is 0.480 e. The number of aliphatic carboxylic acids is 3. The second kappa shape index (κ2) is 20.6. The number of carboxylic acids is 3. The Labute approximate surface area is 204 Å². The van der Waals surface area contributed by atoms with E-state index < -0.39 is 17.9 Å². The van der Waals surface area contributed by atoms with Crippen molar-refractivity contribution in [2.24, 2.45) is 0 Å². The van der Waals surface area contributed by atoms with Crippen LogP contribution in [0.4, 0.5) is 0 Å². The molecule has 0 aromatic rings. The predicted octanol–water partition coefficient (Wildman–Crippen LogP) is 0.0570. The van der Waals surface area contributed by atoms with Crippen LogP contribution >= 0.6 is 0 Å². The van der Waals surface area contributed by atoms with Gasteiger partial charge in [0.1, 0.15) is 11.6 Å². The number of Topliss-reactive ketones (excluding diaryl/α,β-unsaturated/α-hetero) is 2. The van der Waals surface area contributed by atoms with Crippen LogP contribution in [0.25, 0.3) is 0 Å². The number of rotatable bonds is 16. The van der Waals surface area contributed by atoms with Crippen molar-refractivity contribution in [2.75, 3.05) is 58.9 Å². The van der Waals surface area contributed by atoms with Crippen molar-refractivity contribution in [3.05, 3.63) is 47.5 Å². The van der Waals surface area contributed by atoms with Gasteiger partial charge in [0.05, 0.1) is 32.7 Å². The number of carbonyl (C=O) groups excluding carboxylic acids is 2. The third-order valence-electron chi connectivity index (χ3n) is 3.80. The molecule has 0 aliphatic carbocycles. The van der Waals surface area contributed by atoms with Crippen molar-refractivity contribution in [2.45, 2.75) is 13.8 Å². The van der Waals surface area contributed by atoms with E-state index in [1.807, 2.05) is 0 Å². The molecular weight excluding hydrogens is 458 g/mol. The molecule has 0 rings (SSSR count). The highest BCUT2D eigenvalue weighted by Crippen LogP contribution is 1.97. The zero-order chi connectivity index (χ0) is 27.2. The molecule has 35 heavy (non-hydrogen) atoms. The first-order chi connectivity index (χ1) is 16.4. The number of hydrogen-bond acceptors (Lipinski definition) is 8. The number of carbonyl (C=O) groups is 5. The summed E-state index contributed by atoms with van der Waals surface area (Å²) in [4.78, 5) is 59.6. The van der Waals surface area contributed by atoms with Crippen molar-refractivity contribution >= 4 is 29.5 Å². The molecule has 0 heterocycles. The van der Waals surface area contributed by atoms with Crippen LogP contribution in [-0.2, 0) is 24.0 Å². The second-order valence-electron chi connectivity index (χ2n) is 7.14. The van der Waals surface area contributed by atoms with Gasteiger partial charge in [0.15, 0.2) is 0 Å².